The summed E-state index contributed by atoms with van der Waals surface area (Å²) >= 11 is 1.51. The van der Waals surface area contributed by atoms with Crippen LogP contribution in [0.5, 0.6) is 0 Å². The molecular formula is C14H14N2O2S. The van der Waals surface area contributed by atoms with Crippen molar-refractivity contribution >= 4 is 17.5 Å². The molecule has 0 saturated carbocycles. The molecule has 1 heterocycles. The van der Waals surface area contributed by atoms with Gasteiger partial charge in [0.2, 0.25) is 0 Å². The number of carboxylic acid groups (broad SMARTS) is 1. The van der Waals surface area contributed by atoms with Crippen molar-refractivity contribution in [3.05, 3.63) is 52.0 Å². The van der Waals surface area contributed by atoms with Gasteiger partial charge in [-0.1, -0.05) is 6.07 Å². The van der Waals surface area contributed by atoms with Crippen LogP contribution >= 0.6 is 11.5 Å². The second-order valence-electron chi connectivity index (χ2n) is 4.75. The number of hydrogen-bond donors (Lipinski definition) is 2. The predicted molar refractivity (Wildman–Crippen MR) is 73.6 cm³/mol. The summed E-state index contributed by atoms with van der Waals surface area (Å²) in [5, 5.41) is 12.5. The average molecular weight is 274 g/mol. The molecule has 1 aromatic carbocycles. The summed E-state index contributed by atoms with van der Waals surface area (Å²) in [6.07, 6.45) is 3.67. The molecule has 0 aliphatic heterocycles. The Hall–Kier alpha value is -1.72. The maximum absolute atomic E-state index is 10.9. The highest BCUT2D eigenvalue weighted by Crippen LogP contribution is 2.24. The van der Waals surface area contributed by atoms with Gasteiger partial charge >= 0.3 is 5.97 Å². The fraction of sp³-hybridized carbons (Fsp3) is 0.286. The van der Waals surface area contributed by atoms with Crippen LogP contribution in [0.2, 0.25) is 0 Å². The molecule has 0 bridgehead atoms. The molecule has 5 heteroatoms. The number of nitrogens with one attached hydrogen (secondary N) is 1. The Balaban J connectivity index is 1.65. The summed E-state index contributed by atoms with van der Waals surface area (Å²) in [7, 11) is 0. The lowest BCUT2D eigenvalue weighted by Crippen LogP contribution is -2.28. The summed E-state index contributed by atoms with van der Waals surface area (Å²) < 4.78 is 4.07. The van der Waals surface area contributed by atoms with Gasteiger partial charge in [0.15, 0.2) is 0 Å². The van der Waals surface area contributed by atoms with Gasteiger partial charge in [-0.25, -0.2) is 9.17 Å². The number of aromatic carboxylic acids is 1. The summed E-state index contributed by atoms with van der Waals surface area (Å²) in [4.78, 5) is 12.2. The highest BCUT2D eigenvalue weighted by molar-refractivity contribution is 7.05. The molecule has 1 aliphatic carbocycles. The molecule has 0 spiro atoms. The van der Waals surface area contributed by atoms with Gasteiger partial charge in [0.05, 0.1) is 5.56 Å². The molecule has 98 valence electrons. The van der Waals surface area contributed by atoms with E-state index in [-0.39, 0.29) is 0 Å². The molecule has 1 aromatic heterocycles. The van der Waals surface area contributed by atoms with Crippen molar-refractivity contribution in [3.8, 4) is 0 Å². The highest BCUT2D eigenvalue weighted by atomic mass is 32.1. The second-order valence-corrected chi connectivity index (χ2v) is 5.67. The van der Waals surface area contributed by atoms with Crippen LogP contribution in [0.3, 0.4) is 0 Å². The van der Waals surface area contributed by atoms with Crippen LogP contribution in [0, 0.1) is 0 Å². The number of fused-ring (bicyclic) bond motifs is 1. The Kier molecular flexibility index (Phi) is 3.31. The van der Waals surface area contributed by atoms with Crippen molar-refractivity contribution in [2.75, 3.05) is 0 Å². The number of nitrogens with zero attached hydrogens (tertiary/aromatic N) is 1. The fourth-order valence-corrected chi connectivity index (χ4v) is 3.00. The Morgan fingerprint density at radius 2 is 2.21 bits per heavy atom. The van der Waals surface area contributed by atoms with Crippen molar-refractivity contribution < 1.29 is 9.90 Å². The van der Waals surface area contributed by atoms with Crippen LogP contribution in [0.25, 0.3) is 0 Å². The first-order valence-electron chi connectivity index (χ1n) is 6.20. The minimum atomic E-state index is -0.858. The summed E-state index contributed by atoms with van der Waals surface area (Å²) in [5.41, 5.74) is 2.79. The first-order valence-corrected chi connectivity index (χ1v) is 6.98. The molecule has 19 heavy (non-hydrogen) atoms. The molecule has 1 unspecified atom stereocenters. The summed E-state index contributed by atoms with van der Waals surface area (Å²) in [5.74, 6) is -0.858. The maximum Gasteiger partial charge on any atom is 0.335 e. The lowest BCUT2D eigenvalue weighted by molar-refractivity contribution is 0.0697. The van der Waals surface area contributed by atoms with Gasteiger partial charge in [0.1, 0.15) is 0 Å². The molecule has 1 atom stereocenters. The van der Waals surface area contributed by atoms with Crippen LogP contribution in [0.1, 0.15) is 26.4 Å². The molecule has 0 saturated heterocycles. The van der Waals surface area contributed by atoms with Crippen LogP contribution < -0.4 is 5.32 Å². The van der Waals surface area contributed by atoms with Gasteiger partial charge in [-0.05, 0) is 53.7 Å². The second kappa shape index (κ2) is 5.11. The molecule has 0 amide bonds. The maximum atomic E-state index is 10.9. The van der Waals surface area contributed by atoms with Crippen molar-refractivity contribution in [3.63, 3.8) is 0 Å². The zero-order valence-corrected chi connectivity index (χ0v) is 11.1. The van der Waals surface area contributed by atoms with Crippen LogP contribution in [0.15, 0.2) is 30.5 Å². The Labute approximate surface area is 115 Å². The molecule has 3 rings (SSSR count). The number of carbonyl (C=O) groups is 1. The molecule has 2 N–H and O–H groups in total. The highest BCUT2D eigenvalue weighted by Gasteiger charge is 2.22. The number of hydrogen-bond acceptors (Lipinski definition) is 4. The smallest absolute Gasteiger partial charge is 0.335 e. The Morgan fingerprint density at radius 3 is 2.95 bits per heavy atom. The van der Waals surface area contributed by atoms with Crippen molar-refractivity contribution in [2.45, 2.75) is 25.4 Å². The topological polar surface area (TPSA) is 62.2 Å². The first-order chi connectivity index (χ1) is 9.22. The molecule has 2 aromatic rings. The molecule has 1 aliphatic rings. The van der Waals surface area contributed by atoms with E-state index in [1.165, 1.54) is 22.0 Å². The summed E-state index contributed by atoms with van der Waals surface area (Å²) in [6, 6.07) is 7.83. The van der Waals surface area contributed by atoms with Crippen molar-refractivity contribution in [1.82, 2.24) is 9.69 Å². The molecule has 4 nitrogen and oxygen atoms in total. The third-order valence-electron chi connectivity index (χ3n) is 3.44. The predicted octanol–water partition coefficient (Wildman–Crippen LogP) is 2.10. The number of aromatic nitrogens is 1. The number of rotatable bonds is 4. The van der Waals surface area contributed by atoms with E-state index in [1.54, 1.807) is 12.1 Å². The van der Waals surface area contributed by atoms with E-state index < -0.39 is 5.97 Å². The molecular weight excluding hydrogens is 260 g/mol. The minimum absolute atomic E-state index is 0.377. The molecule has 0 fully saturated rings. The van der Waals surface area contributed by atoms with E-state index in [0.717, 1.165) is 24.9 Å². The van der Waals surface area contributed by atoms with Gasteiger partial charge < -0.3 is 10.4 Å². The van der Waals surface area contributed by atoms with E-state index >= 15 is 0 Å². The first kappa shape index (κ1) is 12.3. The summed E-state index contributed by atoms with van der Waals surface area (Å²) in [6.45, 7) is 0.828. The van der Waals surface area contributed by atoms with Gasteiger partial charge in [-0.2, -0.15) is 0 Å². The monoisotopic (exact) mass is 274 g/mol. The van der Waals surface area contributed by atoms with Gasteiger partial charge in [-0.3, -0.25) is 0 Å². The van der Waals surface area contributed by atoms with E-state index in [1.807, 2.05) is 18.3 Å². The third kappa shape index (κ3) is 2.67. The van der Waals surface area contributed by atoms with Gasteiger partial charge in [-0.15, -0.1) is 0 Å². The normalized spacial score (nSPS) is 17.4. The zero-order chi connectivity index (χ0) is 13.2. The van der Waals surface area contributed by atoms with Crippen molar-refractivity contribution in [2.24, 2.45) is 0 Å². The molecule has 0 radical (unpaired) electrons. The van der Waals surface area contributed by atoms with Crippen LogP contribution in [-0.2, 0) is 19.4 Å². The average Bonchev–Trinajstić information content (AvgIpc) is 3.04. The number of benzene rings is 1. The van der Waals surface area contributed by atoms with E-state index in [9.17, 15) is 4.79 Å². The standard InChI is InChI=1S/C14H14N2O2S/c17-14(18)10-2-1-9-6-12(7-11(9)5-10)15-8-13-3-4-16-19-13/h1-5,12,15H,6-8H2,(H,17,18). The Morgan fingerprint density at radius 1 is 1.37 bits per heavy atom. The quantitative estimate of drug-likeness (QED) is 0.896. The minimum Gasteiger partial charge on any atom is -0.478 e. The third-order valence-corrected chi connectivity index (χ3v) is 4.18. The lowest BCUT2D eigenvalue weighted by atomic mass is 10.1. The van der Waals surface area contributed by atoms with Gasteiger partial charge in [0, 0.05) is 23.7 Å². The zero-order valence-electron chi connectivity index (χ0n) is 10.3. The van der Waals surface area contributed by atoms with Crippen LogP contribution in [-0.4, -0.2) is 21.5 Å². The van der Waals surface area contributed by atoms with E-state index in [2.05, 4.69) is 9.69 Å². The largest absolute Gasteiger partial charge is 0.478 e. The van der Waals surface area contributed by atoms with Crippen molar-refractivity contribution in [1.29, 1.82) is 0 Å². The lowest BCUT2D eigenvalue weighted by Gasteiger charge is -2.10. The SMILES string of the molecule is O=C(O)c1ccc2c(c1)CC(NCc1ccns1)C2. The fourth-order valence-electron chi connectivity index (χ4n) is 2.47. The Bertz CT molecular complexity index is 595. The van der Waals surface area contributed by atoms with Crippen LogP contribution in [0.4, 0.5) is 0 Å². The van der Waals surface area contributed by atoms with E-state index in [4.69, 9.17) is 5.11 Å². The number of carboxylic acids is 1. The van der Waals surface area contributed by atoms with E-state index in [0.29, 0.717) is 11.6 Å². The van der Waals surface area contributed by atoms with Gasteiger partial charge in [0.25, 0.3) is 0 Å².